The lowest BCUT2D eigenvalue weighted by Gasteiger charge is -2.01. The van der Waals surface area contributed by atoms with Crippen LogP contribution in [0.4, 0.5) is 0 Å². The van der Waals surface area contributed by atoms with Crippen molar-refractivity contribution in [2.24, 2.45) is 5.10 Å². The number of nitrogens with one attached hydrogen (secondary N) is 1. The minimum Gasteiger partial charge on any atom is -0.507 e. The van der Waals surface area contributed by atoms with Crippen LogP contribution in [0.15, 0.2) is 53.6 Å². The molecule has 20 heavy (non-hydrogen) atoms. The molecule has 0 saturated carbocycles. The zero-order valence-corrected chi connectivity index (χ0v) is 11.3. The van der Waals surface area contributed by atoms with E-state index in [2.05, 4.69) is 10.5 Å². The van der Waals surface area contributed by atoms with Crippen LogP contribution in [-0.2, 0) is 11.2 Å². The van der Waals surface area contributed by atoms with Crippen LogP contribution in [-0.4, -0.2) is 17.2 Å². The Labute approximate surface area is 121 Å². The predicted molar refractivity (Wildman–Crippen MR) is 79.0 cm³/mol. The molecule has 2 aromatic rings. The van der Waals surface area contributed by atoms with E-state index in [9.17, 15) is 9.90 Å². The average molecular weight is 289 g/mol. The summed E-state index contributed by atoms with van der Waals surface area (Å²) in [5.41, 5.74) is 3.80. The third kappa shape index (κ3) is 4.10. The lowest BCUT2D eigenvalue weighted by Crippen LogP contribution is -2.19. The third-order valence-corrected chi connectivity index (χ3v) is 2.86. The second-order valence-electron chi connectivity index (χ2n) is 4.16. The molecule has 0 aliphatic heterocycles. The first kappa shape index (κ1) is 14.1. The SMILES string of the molecule is O=C(Cc1ccc(Cl)cc1)N/N=C/c1ccccc1O. The zero-order valence-electron chi connectivity index (χ0n) is 10.6. The van der Waals surface area contributed by atoms with E-state index in [0.717, 1.165) is 5.56 Å². The molecule has 0 aromatic heterocycles. The Hall–Kier alpha value is -2.33. The number of halogens is 1. The van der Waals surface area contributed by atoms with Gasteiger partial charge < -0.3 is 5.11 Å². The summed E-state index contributed by atoms with van der Waals surface area (Å²) in [5, 5.41) is 14.0. The Morgan fingerprint density at radius 3 is 2.60 bits per heavy atom. The lowest BCUT2D eigenvalue weighted by atomic mass is 10.1. The summed E-state index contributed by atoms with van der Waals surface area (Å²) in [5.74, 6) is -0.123. The second kappa shape index (κ2) is 6.73. The van der Waals surface area contributed by atoms with Crippen molar-refractivity contribution in [2.45, 2.75) is 6.42 Å². The highest BCUT2D eigenvalue weighted by molar-refractivity contribution is 6.30. The van der Waals surface area contributed by atoms with Gasteiger partial charge in [0.15, 0.2) is 0 Å². The molecule has 1 amide bonds. The van der Waals surface area contributed by atoms with E-state index in [4.69, 9.17) is 11.6 Å². The van der Waals surface area contributed by atoms with Crippen LogP contribution in [0.3, 0.4) is 0 Å². The maximum atomic E-state index is 11.7. The number of para-hydroxylation sites is 1. The van der Waals surface area contributed by atoms with Gasteiger partial charge in [0.1, 0.15) is 5.75 Å². The second-order valence-corrected chi connectivity index (χ2v) is 4.59. The first-order chi connectivity index (χ1) is 9.65. The van der Waals surface area contributed by atoms with Gasteiger partial charge in [-0.1, -0.05) is 35.9 Å². The molecule has 0 radical (unpaired) electrons. The molecule has 0 spiro atoms. The maximum Gasteiger partial charge on any atom is 0.244 e. The molecule has 2 rings (SSSR count). The van der Waals surface area contributed by atoms with Gasteiger partial charge in [0.05, 0.1) is 12.6 Å². The fourth-order valence-corrected chi connectivity index (χ4v) is 1.72. The number of hydrazone groups is 1. The Bertz CT molecular complexity index is 624. The molecule has 0 fully saturated rings. The van der Waals surface area contributed by atoms with Gasteiger partial charge >= 0.3 is 0 Å². The van der Waals surface area contributed by atoms with Gasteiger partial charge in [0, 0.05) is 10.6 Å². The fraction of sp³-hybridized carbons (Fsp3) is 0.0667. The van der Waals surface area contributed by atoms with Crippen LogP contribution in [0.1, 0.15) is 11.1 Å². The summed E-state index contributed by atoms with van der Waals surface area (Å²) in [4.78, 5) is 11.7. The highest BCUT2D eigenvalue weighted by Crippen LogP contribution is 2.12. The molecule has 0 unspecified atom stereocenters. The van der Waals surface area contributed by atoms with E-state index < -0.39 is 0 Å². The Kier molecular flexibility index (Phi) is 4.74. The van der Waals surface area contributed by atoms with Crippen LogP contribution in [0.2, 0.25) is 5.02 Å². The van der Waals surface area contributed by atoms with Crippen molar-refractivity contribution in [1.82, 2.24) is 5.43 Å². The lowest BCUT2D eigenvalue weighted by molar-refractivity contribution is -0.120. The summed E-state index contributed by atoms with van der Waals surface area (Å²) < 4.78 is 0. The number of benzene rings is 2. The first-order valence-electron chi connectivity index (χ1n) is 5.99. The van der Waals surface area contributed by atoms with Crippen molar-refractivity contribution in [3.05, 3.63) is 64.7 Å². The molecule has 0 saturated heterocycles. The van der Waals surface area contributed by atoms with Gasteiger partial charge in [0.2, 0.25) is 5.91 Å². The molecule has 0 aliphatic carbocycles. The number of hydrogen-bond donors (Lipinski definition) is 2. The first-order valence-corrected chi connectivity index (χ1v) is 6.37. The number of carbonyl (C=O) groups is 1. The number of phenolic OH excluding ortho intramolecular Hbond substituents is 1. The van der Waals surface area contributed by atoms with Crippen molar-refractivity contribution < 1.29 is 9.90 Å². The van der Waals surface area contributed by atoms with E-state index in [0.29, 0.717) is 10.6 Å². The van der Waals surface area contributed by atoms with E-state index in [-0.39, 0.29) is 18.1 Å². The van der Waals surface area contributed by atoms with E-state index in [1.165, 1.54) is 6.21 Å². The molecule has 0 atom stereocenters. The van der Waals surface area contributed by atoms with Gasteiger partial charge in [-0.15, -0.1) is 0 Å². The highest BCUT2D eigenvalue weighted by atomic mass is 35.5. The van der Waals surface area contributed by atoms with Crippen molar-refractivity contribution >= 4 is 23.7 Å². The van der Waals surface area contributed by atoms with E-state index in [1.54, 1.807) is 48.5 Å². The highest BCUT2D eigenvalue weighted by Gasteiger charge is 2.02. The molecule has 0 bridgehead atoms. The smallest absolute Gasteiger partial charge is 0.244 e. The molecule has 4 nitrogen and oxygen atoms in total. The largest absolute Gasteiger partial charge is 0.507 e. The van der Waals surface area contributed by atoms with Crippen molar-refractivity contribution in [3.63, 3.8) is 0 Å². The monoisotopic (exact) mass is 288 g/mol. The Morgan fingerprint density at radius 2 is 1.90 bits per heavy atom. The number of nitrogens with zero attached hydrogens (tertiary/aromatic N) is 1. The van der Waals surface area contributed by atoms with Crippen LogP contribution in [0.5, 0.6) is 5.75 Å². The molecule has 0 heterocycles. The van der Waals surface area contributed by atoms with Gasteiger partial charge in [0.25, 0.3) is 0 Å². The summed E-state index contributed by atoms with van der Waals surface area (Å²) in [6, 6.07) is 13.8. The van der Waals surface area contributed by atoms with Gasteiger partial charge in [-0.2, -0.15) is 5.10 Å². The predicted octanol–water partition coefficient (Wildman–Crippen LogP) is 2.74. The average Bonchev–Trinajstić information content (AvgIpc) is 2.43. The standard InChI is InChI=1S/C15H13ClN2O2/c16-13-7-5-11(6-8-13)9-15(20)18-17-10-12-3-1-2-4-14(12)19/h1-8,10,19H,9H2,(H,18,20)/b17-10+. The van der Waals surface area contributed by atoms with E-state index >= 15 is 0 Å². The molecular formula is C15H13ClN2O2. The number of carbonyl (C=O) groups excluding carboxylic acids is 1. The van der Waals surface area contributed by atoms with Crippen molar-refractivity contribution in [3.8, 4) is 5.75 Å². The Balaban J connectivity index is 1.89. The number of phenols is 1. The van der Waals surface area contributed by atoms with Gasteiger partial charge in [-0.05, 0) is 29.8 Å². The quantitative estimate of drug-likeness (QED) is 0.671. The minimum atomic E-state index is -0.237. The minimum absolute atomic E-state index is 0.114. The molecule has 2 aromatic carbocycles. The van der Waals surface area contributed by atoms with Crippen LogP contribution < -0.4 is 5.43 Å². The van der Waals surface area contributed by atoms with Crippen molar-refractivity contribution in [2.75, 3.05) is 0 Å². The normalized spacial score (nSPS) is 10.7. The van der Waals surface area contributed by atoms with Crippen LogP contribution >= 0.6 is 11.6 Å². The van der Waals surface area contributed by atoms with E-state index in [1.807, 2.05) is 0 Å². The third-order valence-electron chi connectivity index (χ3n) is 2.61. The molecule has 102 valence electrons. The van der Waals surface area contributed by atoms with Crippen LogP contribution in [0, 0.1) is 0 Å². The molecule has 5 heteroatoms. The topological polar surface area (TPSA) is 61.7 Å². The number of amides is 1. The van der Waals surface area contributed by atoms with Gasteiger partial charge in [-0.25, -0.2) is 5.43 Å². The number of rotatable bonds is 4. The summed E-state index contributed by atoms with van der Waals surface area (Å²) in [6.45, 7) is 0. The summed E-state index contributed by atoms with van der Waals surface area (Å²) in [6.07, 6.45) is 1.62. The molecular weight excluding hydrogens is 276 g/mol. The molecule has 2 N–H and O–H groups in total. The Morgan fingerprint density at radius 1 is 1.20 bits per heavy atom. The van der Waals surface area contributed by atoms with Gasteiger partial charge in [-0.3, -0.25) is 4.79 Å². The number of hydrogen-bond acceptors (Lipinski definition) is 3. The maximum absolute atomic E-state index is 11.7. The zero-order chi connectivity index (χ0) is 14.4. The molecule has 0 aliphatic rings. The number of aromatic hydroxyl groups is 1. The fourth-order valence-electron chi connectivity index (χ4n) is 1.60. The van der Waals surface area contributed by atoms with Crippen molar-refractivity contribution in [1.29, 1.82) is 0 Å². The summed E-state index contributed by atoms with van der Waals surface area (Å²) in [7, 11) is 0. The summed E-state index contributed by atoms with van der Waals surface area (Å²) >= 11 is 5.77. The van der Waals surface area contributed by atoms with Crippen LogP contribution in [0.25, 0.3) is 0 Å².